The van der Waals surface area contributed by atoms with Crippen LogP contribution in [0.4, 0.5) is 0 Å². The lowest BCUT2D eigenvalue weighted by atomic mass is 9.78. The molecule has 0 saturated heterocycles. The van der Waals surface area contributed by atoms with Crippen molar-refractivity contribution in [3.05, 3.63) is 0 Å². The van der Waals surface area contributed by atoms with Gasteiger partial charge in [0.15, 0.2) is 0 Å². The van der Waals surface area contributed by atoms with Crippen LogP contribution in [0.2, 0.25) is 0 Å². The normalized spacial score (nSPS) is 38.2. The lowest BCUT2D eigenvalue weighted by Gasteiger charge is -2.27. The highest BCUT2D eigenvalue weighted by Gasteiger charge is 2.45. The number of hydrogen-bond donors (Lipinski definition) is 0. The Morgan fingerprint density at radius 2 is 1.93 bits per heavy atom. The largest absolute Gasteiger partial charge is 0.0654 e. The third-order valence-electron chi connectivity index (χ3n) is 5.12. The van der Waals surface area contributed by atoms with Gasteiger partial charge in [0.2, 0.25) is 0 Å². The number of hydrogen-bond acceptors (Lipinski definition) is 0. The van der Waals surface area contributed by atoms with Gasteiger partial charge in [-0.1, -0.05) is 52.9 Å². The molecule has 0 nitrogen and oxygen atoms in total. The Kier molecular flexibility index (Phi) is 3.74. The molecule has 0 aromatic rings. The molecule has 0 aromatic carbocycles. The molecular weight excluding hydrogens is 180 g/mol. The molecule has 2 fully saturated rings. The van der Waals surface area contributed by atoms with Crippen molar-refractivity contribution in [1.29, 1.82) is 0 Å². The summed E-state index contributed by atoms with van der Waals surface area (Å²) in [7, 11) is 0. The third kappa shape index (κ3) is 2.77. The molecule has 0 radical (unpaired) electrons. The van der Waals surface area contributed by atoms with E-state index in [9.17, 15) is 0 Å². The molecule has 0 N–H and O–H groups in total. The average molecular weight is 208 g/mol. The minimum absolute atomic E-state index is 0.953. The monoisotopic (exact) mass is 208 g/mol. The maximum Gasteiger partial charge on any atom is -0.0354 e. The smallest absolute Gasteiger partial charge is 0.0354 e. The van der Waals surface area contributed by atoms with E-state index in [1.807, 2.05) is 0 Å². The van der Waals surface area contributed by atoms with E-state index in [-0.39, 0.29) is 0 Å². The molecule has 15 heavy (non-hydrogen) atoms. The summed E-state index contributed by atoms with van der Waals surface area (Å²) in [6.45, 7) is 7.27. The molecule has 0 amide bonds. The van der Waals surface area contributed by atoms with E-state index in [1.54, 1.807) is 19.3 Å². The zero-order valence-electron chi connectivity index (χ0n) is 10.8. The van der Waals surface area contributed by atoms with Crippen molar-refractivity contribution in [2.75, 3.05) is 0 Å². The van der Waals surface area contributed by atoms with Gasteiger partial charge in [-0.2, -0.15) is 0 Å². The molecule has 0 spiro atoms. The fourth-order valence-electron chi connectivity index (χ4n) is 3.78. The summed E-state index contributed by atoms with van der Waals surface area (Å²) in [6, 6.07) is 0. The van der Waals surface area contributed by atoms with Gasteiger partial charge >= 0.3 is 0 Å². The molecule has 0 aliphatic heterocycles. The van der Waals surface area contributed by atoms with Crippen molar-refractivity contribution in [3.8, 4) is 0 Å². The maximum atomic E-state index is 2.49. The summed E-state index contributed by atoms with van der Waals surface area (Å²) in [6.07, 6.45) is 10.5. The molecule has 5 atom stereocenters. The first kappa shape index (κ1) is 11.5. The summed E-state index contributed by atoms with van der Waals surface area (Å²) in [5.74, 6) is 5.36. The summed E-state index contributed by atoms with van der Waals surface area (Å²) in [5, 5.41) is 0. The Balaban J connectivity index is 1.75. The van der Waals surface area contributed by atoms with Crippen LogP contribution in [0.5, 0.6) is 0 Å². The molecule has 2 rings (SSSR count). The summed E-state index contributed by atoms with van der Waals surface area (Å²) in [5.41, 5.74) is 0. The van der Waals surface area contributed by atoms with Gasteiger partial charge in [-0.25, -0.2) is 0 Å². The summed E-state index contributed by atoms with van der Waals surface area (Å²) >= 11 is 0. The van der Waals surface area contributed by atoms with Crippen LogP contribution < -0.4 is 0 Å². The van der Waals surface area contributed by atoms with E-state index in [0.29, 0.717) is 0 Å². The van der Waals surface area contributed by atoms with Gasteiger partial charge in [0.25, 0.3) is 0 Å². The van der Waals surface area contributed by atoms with E-state index >= 15 is 0 Å². The molecule has 5 unspecified atom stereocenters. The van der Waals surface area contributed by atoms with E-state index in [0.717, 1.165) is 29.6 Å². The van der Waals surface area contributed by atoms with Crippen LogP contribution in [-0.2, 0) is 0 Å². The first-order chi connectivity index (χ1) is 7.22. The molecule has 88 valence electrons. The average Bonchev–Trinajstić information content (AvgIpc) is 2.98. The molecule has 2 aliphatic rings. The Morgan fingerprint density at radius 1 is 1.13 bits per heavy atom. The SMILES string of the molecule is CCCC(C)C(C)CC1CCCC2CC12. The minimum Gasteiger partial charge on any atom is -0.0654 e. The molecule has 0 aromatic heterocycles. The zero-order valence-corrected chi connectivity index (χ0v) is 10.8. The standard InChI is InChI=1S/C15H28/c1-4-6-11(2)12(3)9-13-7-5-8-14-10-15(13)14/h11-15H,4-10H2,1-3H3. The van der Waals surface area contributed by atoms with Gasteiger partial charge in [-0.15, -0.1) is 0 Å². The lowest BCUT2D eigenvalue weighted by Crippen LogP contribution is -2.17. The lowest BCUT2D eigenvalue weighted by molar-refractivity contribution is 0.232. The van der Waals surface area contributed by atoms with Crippen molar-refractivity contribution < 1.29 is 0 Å². The fourth-order valence-corrected chi connectivity index (χ4v) is 3.78. The Hall–Kier alpha value is 0. The van der Waals surface area contributed by atoms with Crippen LogP contribution in [0.3, 0.4) is 0 Å². The second-order valence-electron chi connectivity index (χ2n) is 6.33. The molecule has 0 heterocycles. The van der Waals surface area contributed by atoms with Crippen molar-refractivity contribution >= 4 is 0 Å². The Labute approximate surface area is 95.8 Å². The van der Waals surface area contributed by atoms with Crippen molar-refractivity contribution in [2.45, 2.75) is 65.7 Å². The number of rotatable bonds is 5. The maximum absolute atomic E-state index is 2.49. The predicted octanol–water partition coefficient (Wildman–Crippen LogP) is 4.89. The topological polar surface area (TPSA) is 0 Å². The summed E-state index contributed by atoms with van der Waals surface area (Å²) in [4.78, 5) is 0. The van der Waals surface area contributed by atoms with Crippen molar-refractivity contribution in [2.24, 2.45) is 29.6 Å². The van der Waals surface area contributed by atoms with Crippen LogP contribution in [0.15, 0.2) is 0 Å². The van der Waals surface area contributed by atoms with Crippen molar-refractivity contribution in [1.82, 2.24) is 0 Å². The molecule has 0 bridgehead atoms. The third-order valence-corrected chi connectivity index (χ3v) is 5.12. The van der Waals surface area contributed by atoms with Crippen LogP contribution in [0.25, 0.3) is 0 Å². The number of fused-ring (bicyclic) bond motifs is 1. The van der Waals surface area contributed by atoms with E-state index < -0.39 is 0 Å². The van der Waals surface area contributed by atoms with Gasteiger partial charge < -0.3 is 0 Å². The Bertz CT molecular complexity index is 196. The molecular formula is C15H28. The van der Waals surface area contributed by atoms with Gasteiger partial charge in [0, 0.05) is 0 Å². The quantitative estimate of drug-likeness (QED) is 0.604. The molecule has 2 aliphatic carbocycles. The van der Waals surface area contributed by atoms with Gasteiger partial charge in [-0.3, -0.25) is 0 Å². The summed E-state index contributed by atoms with van der Waals surface area (Å²) < 4.78 is 0. The van der Waals surface area contributed by atoms with Gasteiger partial charge in [-0.05, 0) is 42.4 Å². The highest BCUT2D eigenvalue weighted by Crippen LogP contribution is 2.54. The van der Waals surface area contributed by atoms with E-state index in [4.69, 9.17) is 0 Å². The van der Waals surface area contributed by atoms with E-state index in [1.165, 1.54) is 25.7 Å². The minimum atomic E-state index is 0.953. The van der Waals surface area contributed by atoms with Crippen LogP contribution in [-0.4, -0.2) is 0 Å². The second kappa shape index (κ2) is 4.89. The van der Waals surface area contributed by atoms with Crippen LogP contribution in [0.1, 0.15) is 65.7 Å². The van der Waals surface area contributed by atoms with Crippen molar-refractivity contribution in [3.63, 3.8) is 0 Å². The predicted molar refractivity (Wildman–Crippen MR) is 66.8 cm³/mol. The van der Waals surface area contributed by atoms with Crippen LogP contribution >= 0.6 is 0 Å². The van der Waals surface area contributed by atoms with Gasteiger partial charge in [0.1, 0.15) is 0 Å². The molecule has 0 heteroatoms. The van der Waals surface area contributed by atoms with Gasteiger partial charge in [0.05, 0.1) is 0 Å². The fraction of sp³-hybridized carbons (Fsp3) is 1.00. The zero-order chi connectivity index (χ0) is 10.8. The highest BCUT2D eigenvalue weighted by atomic mass is 14.5. The van der Waals surface area contributed by atoms with E-state index in [2.05, 4.69) is 20.8 Å². The Morgan fingerprint density at radius 3 is 2.67 bits per heavy atom. The molecule has 2 saturated carbocycles. The first-order valence-electron chi connectivity index (χ1n) is 7.22. The second-order valence-corrected chi connectivity index (χ2v) is 6.33. The van der Waals surface area contributed by atoms with Crippen LogP contribution in [0, 0.1) is 29.6 Å². The first-order valence-corrected chi connectivity index (χ1v) is 7.22. The highest BCUT2D eigenvalue weighted by molar-refractivity contribution is 4.95.